The first-order valence-electron chi connectivity index (χ1n) is 7.69. The van der Waals surface area contributed by atoms with Crippen molar-refractivity contribution in [2.75, 3.05) is 19.7 Å². The minimum atomic E-state index is -4.71. The van der Waals surface area contributed by atoms with Crippen molar-refractivity contribution >= 4 is 21.9 Å². The first-order chi connectivity index (χ1) is 12.1. The fraction of sp³-hybridized carbons (Fsp3) is 0.467. The summed E-state index contributed by atoms with van der Waals surface area (Å²) in [6.45, 7) is 1.41. The number of carbonyl (C=O) groups excluding carboxylic acids is 2. The second-order valence-corrected chi connectivity index (χ2v) is 7.35. The third-order valence-corrected chi connectivity index (χ3v) is 5.62. The van der Waals surface area contributed by atoms with Crippen LogP contribution in [0.1, 0.15) is 18.9 Å². The van der Waals surface area contributed by atoms with E-state index in [4.69, 9.17) is 4.74 Å². The minimum Gasteiger partial charge on any atom is -0.466 e. The third-order valence-electron chi connectivity index (χ3n) is 3.71. The summed E-state index contributed by atoms with van der Waals surface area (Å²) in [7, 11) is -4.42. The Balaban J connectivity index is 2.38. The van der Waals surface area contributed by atoms with E-state index in [9.17, 15) is 31.2 Å². The van der Waals surface area contributed by atoms with Crippen LogP contribution in [-0.4, -0.2) is 50.3 Å². The van der Waals surface area contributed by atoms with Gasteiger partial charge in [0.05, 0.1) is 23.5 Å². The van der Waals surface area contributed by atoms with Crippen molar-refractivity contribution in [2.45, 2.75) is 30.5 Å². The lowest BCUT2D eigenvalue weighted by molar-refractivity contribution is -0.146. The number of nitrogens with zero attached hydrogens (tertiary/aromatic N) is 1. The van der Waals surface area contributed by atoms with Gasteiger partial charge >= 0.3 is 12.1 Å². The van der Waals surface area contributed by atoms with Crippen LogP contribution in [0.15, 0.2) is 29.2 Å². The molecule has 7 nitrogen and oxygen atoms in total. The molecule has 26 heavy (non-hydrogen) atoms. The van der Waals surface area contributed by atoms with Gasteiger partial charge in [0.1, 0.15) is 6.04 Å². The molecule has 0 spiro atoms. The standard InChI is InChI=1S/C15H17F3N2O5S/c1-2-25-13(21)9-12-14(22)19-6-7-20(12)26(23,24)11-5-3-4-10(8-11)15(16,17)18/h3-5,8,12H,2,6-7,9H2,1H3,(H,19,22)/t12-/m0/s1. The highest BCUT2D eigenvalue weighted by molar-refractivity contribution is 7.89. The van der Waals surface area contributed by atoms with Gasteiger partial charge in [0, 0.05) is 13.1 Å². The van der Waals surface area contributed by atoms with E-state index in [1.54, 1.807) is 6.92 Å². The molecular weight excluding hydrogens is 377 g/mol. The summed E-state index contributed by atoms with van der Waals surface area (Å²) in [6, 6.07) is 1.85. The van der Waals surface area contributed by atoms with Gasteiger partial charge in [-0.3, -0.25) is 9.59 Å². The van der Waals surface area contributed by atoms with Crippen molar-refractivity contribution in [3.63, 3.8) is 0 Å². The van der Waals surface area contributed by atoms with Gasteiger partial charge < -0.3 is 10.1 Å². The van der Waals surface area contributed by atoms with Crippen LogP contribution in [0, 0.1) is 0 Å². The molecule has 1 fully saturated rings. The highest BCUT2D eigenvalue weighted by atomic mass is 32.2. The Labute approximate surface area is 148 Å². The average molecular weight is 394 g/mol. The number of benzene rings is 1. The maximum absolute atomic E-state index is 12.9. The Bertz CT molecular complexity index is 795. The van der Waals surface area contributed by atoms with Crippen molar-refractivity contribution in [3.05, 3.63) is 29.8 Å². The Morgan fingerprint density at radius 1 is 1.38 bits per heavy atom. The molecule has 0 saturated carbocycles. The number of rotatable bonds is 5. The zero-order valence-corrected chi connectivity index (χ0v) is 14.6. The smallest absolute Gasteiger partial charge is 0.416 e. The van der Waals surface area contributed by atoms with Gasteiger partial charge in [-0.2, -0.15) is 17.5 Å². The second-order valence-electron chi connectivity index (χ2n) is 5.46. The number of halogens is 3. The van der Waals surface area contributed by atoms with Crippen molar-refractivity contribution in [1.82, 2.24) is 9.62 Å². The first-order valence-corrected chi connectivity index (χ1v) is 9.14. The summed E-state index contributed by atoms with van der Waals surface area (Å²) in [4.78, 5) is 23.1. The Hall–Kier alpha value is -2.14. The summed E-state index contributed by atoms with van der Waals surface area (Å²) in [6.07, 6.45) is -5.24. The molecule has 144 valence electrons. The van der Waals surface area contributed by atoms with Gasteiger partial charge in [-0.1, -0.05) is 6.07 Å². The lowest BCUT2D eigenvalue weighted by atomic mass is 10.1. The number of amides is 1. The topological polar surface area (TPSA) is 92.8 Å². The number of hydrogen-bond acceptors (Lipinski definition) is 5. The molecule has 0 aromatic heterocycles. The molecule has 0 aliphatic carbocycles. The minimum absolute atomic E-state index is 0.0175. The van der Waals surface area contributed by atoms with E-state index < -0.39 is 51.0 Å². The number of carbonyl (C=O) groups is 2. The molecule has 1 aliphatic heterocycles. The number of hydrogen-bond donors (Lipinski definition) is 1. The Kier molecular flexibility index (Phi) is 5.91. The molecular formula is C15H17F3N2O5S. The highest BCUT2D eigenvalue weighted by Gasteiger charge is 2.41. The van der Waals surface area contributed by atoms with Crippen LogP contribution in [0.4, 0.5) is 13.2 Å². The molecule has 1 aromatic rings. The molecule has 11 heteroatoms. The summed E-state index contributed by atoms with van der Waals surface area (Å²) in [5.41, 5.74) is -1.12. The fourth-order valence-electron chi connectivity index (χ4n) is 2.52. The first kappa shape index (κ1) is 20.2. The number of esters is 1. The molecule has 1 heterocycles. The zero-order chi connectivity index (χ0) is 19.5. The monoisotopic (exact) mass is 394 g/mol. The largest absolute Gasteiger partial charge is 0.466 e. The molecule has 2 rings (SSSR count). The van der Waals surface area contributed by atoms with Gasteiger partial charge in [0.25, 0.3) is 0 Å². The quantitative estimate of drug-likeness (QED) is 0.757. The number of ether oxygens (including phenoxy) is 1. The van der Waals surface area contributed by atoms with Crippen molar-refractivity contribution in [2.24, 2.45) is 0 Å². The maximum atomic E-state index is 12.9. The van der Waals surface area contributed by atoms with E-state index in [0.29, 0.717) is 6.07 Å². The third kappa shape index (κ3) is 4.33. The van der Waals surface area contributed by atoms with E-state index in [-0.39, 0.29) is 19.7 Å². The normalized spacial score (nSPS) is 19.1. The van der Waals surface area contributed by atoms with Crippen LogP contribution in [0.3, 0.4) is 0 Å². The second kappa shape index (κ2) is 7.62. The van der Waals surface area contributed by atoms with E-state index in [2.05, 4.69) is 5.32 Å². The molecule has 1 N–H and O–H groups in total. The van der Waals surface area contributed by atoms with Gasteiger partial charge in [0.2, 0.25) is 15.9 Å². The van der Waals surface area contributed by atoms with Crippen LogP contribution in [-0.2, 0) is 30.5 Å². The van der Waals surface area contributed by atoms with Crippen molar-refractivity contribution < 1.29 is 35.9 Å². The highest BCUT2D eigenvalue weighted by Crippen LogP contribution is 2.31. The fourth-order valence-corrected chi connectivity index (χ4v) is 4.16. The van der Waals surface area contributed by atoms with Gasteiger partial charge in [-0.25, -0.2) is 8.42 Å². The van der Waals surface area contributed by atoms with Gasteiger partial charge in [0.15, 0.2) is 0 Å². The molecule has 0 radical (unpaired) electrons. The van der Waals surface area contributed by atoms with Gasteiger partial charge in [-0.15, -0.1) is 0 Å². The summed E-state index contributed by atoms with van der Waals surface area (Å²) >= 11 is 0. The lowest BCUT2D eigenvalue weighted by Gasteiger charge is -2.33. The molecule has 1 atom stereocenters. The number of nitrogens with one attached hydrogen (secondary N) is 1. The van der Waals surface area contributed by atoms with Crippen LogP contribution < -0.4 is 5.32 Å². The number of alkyl halides is 3. The average Bonchev–Trinajstić information content (AvgIpc) is 2.56. The van der Waals surface area contributed by atoms with E-state index in [1.807, 2.05) is 0 Å². The summed E-state index contributed by atoms with van der Waals surface area (Å²) < 4.78 is 69.6. The molecule has 1 aromatic carbocycles. The molecule has 0 unspecified atom stereocenters. The van der Waals surface area contributed by atoms with E-state index in [1.165, 1.54) is 0 Å². The molecule has 0 bridgehead atoms. The number of piperazine rings is 1. The van der Waals surface area contributed by atoms with Crippen LogP contribution >= 0.6 is 0 Å². The van der Waals surface area contributed by atoms with Gasteiger partial charge in [-0.05, 0) is 25.1 Å². The molecule has 1 saturated heterocycles. The summed E-state index contributed by atoms with van der Waals surface area (Å²) in [5, 5.41) is 2.44. The van der Waals surface area contributed by atoms with Crippen LogP contribution in [0.2, 0.25) is 0 Å². The maximum Gasteiger partial charge on any atom is 0.416 e. The Morgan fingerprint density at radius 2 is 2.08 bits per heavy atom. The predicted octanol–water partition coefficient (Wildman–Crippen LogP) is 1.15. The van der Waals surface area contributed by atoms with Crippen LogP contribution in [0.5, 0.6) is 0 Å². The predicted molar refractivity (Wildman–Crippen MR) is 83.4 cm³/mol. The SMILES string of the molecule is CCOC(=O)C[C@H]1C(=O)NCCN1S(=O)(=O)c1cccc(C(F)(F)F)c1. The van der Waals surface area contributed by atoms with Crippen molar-refractivity contribution in [1.29, 1.82) is 0 Å². The molecule has 1 aliphatic rings. The Morgan fingerprint density at radius 3 is 2.69 bits per heavy atom. The van der Waals surface area contributed by atoms with E-state index >= 15 is 0 Å². The van der Waals surface area contributed by atoms with Crippen molar-refractivity contribution in [3.8, 4) is 0 Å². The van der Waals surface area contributed by atoms with E-state index in [0.717, 1.165) is 22.5 Å². The van der Waals surface area contributed by atoms with Crippen LogP contribution in [0.25, 0.3) is 0 Å². The zero-order valence-electron chi connectivity index (χ0n) is 13.7. The molecule has 1 amide bonds. The summed E-state index contributed by atoms with van der Waals surface area (Å²) in [5.74, 6) is -1.49. The number of sulfonamides is 1. The lowest BCUT2D eigenvalue weighted by Crippen LogP contribution is -2.57.